The van der Waals surface area contributed by atoms with Crippen molar-refractivity contribution in [2.75, 3.05) is 12.4 Å². The van der Waals surface area contributed by atoms with Crippen LogP contribution in [0.5, 0.6) is 5.88 Å². The summed E-state index contributed by atoms with van der Waals surface area (Å²) in [4.78, 5) is 22.9. The molecule has 0 aliphatic heterocycles. The highest BCUT2D eigenvalue weighted by Crippen LogP contribution is 2.20. The van der Waals surface area contributed by atoms with Crippen molar-refractivity contribution in [3.05, 3.63) is 40.5 Å². The molecule has 0 aliphatic rings. The van der Waals surface area contributed by atoms with Crippen molar-refractivity contribution in [1.29, 1.82) is 0 Å². The average molecular weight is 435 g/mol. The summed E-state index contributed by atoms with van der Waals surface area (Å²) in [5.74, 6) is -1.59. The predicted molar refractivity (Wildman–Crippen MR) is 93.1 cm³/mol. The monoisotopic (exact) mass is 434 g/mol. The molecule has 3 aromatic rings. The van der Waals surface area contributed by atoms with E-state index < -0.39 is 27.0 Å². The maximum Gasteiger partial charge on any atom is 0.335 e. The van der Waals surface area contributed by atoms with Gasteiger partial charge in [-0.05, 0) is 12.1 Å². The smallest absolute Gasteiger partial charge is 0.335 e. The lowest BCUT2D eigenvalue weighted by Gasteiger charge is -2.08. The summed E-state index contributed by atoms with van der Waals surface area (Å²) in [7, 11) is -3.34. The van der Waals surface area contributed by atoms with Gasteiger partial charge in [-0.1, -0.05) is 23.2 Å². The van der Waals surface area contributed by atoms with Gasteiger partial charge in [0, 0.05) is 12.3 Å². The molecule has 0 aromatic carbocycles. The molecule has 10 nitrogen and oxygen atoms in total. The Morgan fingerprint density at radius 2 is 2.00 bits per heavy atom. The number of anilines is 1. The van der Waals surface area contributed by atoms with Crippen LogP contribution in [-0.4, -0.2) is 40.9 Å². The highest BCUT2D eigenvalue weighted by Gasteiger charge is 2.28. The number of nitrogens with zero attached hydrogens (tertiary/aromatic N) is 4. The maximum absolute atomic E-state index is 14.1. The second-order valence-corrected chi connectivity index (χ2v) is 7.32. The van der Waals surface area contributed by atoms with Crippen molar-refractivity contribution >= 4 is 50.9 Å². The van der Waals surface area contributed by atoms with Crippen LogP contribution in [0.15, 0.2) is 29.4 Å². The predicted octanol–water partition coefficient (Wildman–Crippen LogP) is 2.09. The molecule has 0 fully saturated rings. The van der Waals surface area contributed by atoms with Crippen LogP contribution in [0.1, 0.15) is 0 Å². The van der Waals surface area contributed by atoms with Gasteiger partial charge in [0.1, 0.15) is 10.8 Å². The van der Waals surface area contributed by atoms with Gasteiger partial charge in [0.25, 0.3) is 16.0 Å². The number of amides is 2. The van der Waals surface area contributed by atoms with Gasteiger partial charge >= 0.3 is 6.03 Å². The van der Waals surface area contributed by atoms with Crippen LogP contribution in [0.4, 0.5) is 15.1 Å². The van der Waals surface area contributed by atoms with E-state index >= 15 is 0 Å². The summed E-state index contributed by atoms with van der Waals surface area (Å²) < 4.78 is 46.3. The van der Waals surface area contributed by atoms with E-state index in [0.717, 1.165) is 10.6 Å². The summed E-state index contributed by atoms with van der Waals surface area (Å²) in [5, 5.41) is 1.26. The van der Waals surface area contributed by atoms with E-state index in [4.69, 9.17) is 27.9 Å². The summed E-state index contributed by atoms with van der Waals surface area (Å²) in [6.45, 7) is 0. The second kappa shape index (κ2) is 7.13. The number of rotatable bonds is 4. The summed E-state index contributed by atoms with van der Waals surface area (Å²) in [6.07, 6.45) is 1.14. The van der Waals surface area contributed by atoms with Crippen LogP contribution in [-0.2, 0) is 10.0 Å². The number of imidazole rings is 1. The number of sulfonamides is 1. The first-order valence-electron chi connectivity index (χ1n) is 6.95. The van der Waals surface area contributed by atoms with Gasteiger partial charge in [-0.2, -0.15) is 22.8 Å². The number of carbonyl (C=O) groups excluding carboxylic acids is 1. The minimum absolute atomic E-state index is 0.0133. The van der Waals surface area contributed by atoms with Crippen molar-refractivity contribution in [2.45, 2.75) is 5.03 Å². The van der Waals surface area contributed by atoms with Crippen molar-refractivity contribution in [2.24, 2.45) is 0 Å². The fourth-order valence-corrected chi connectivity index (χ4v) is 3.46. The van der Waals surface area contributed by atoms with Crippen molar-refractivity contribution in [3.8, 4) is 5.88 Å². The number of fused-ring (bicyclic) bond motifs is 1. The number of nitrogens with one attached hydrogen (secondary N) is 2. The van der Waals surface area contributed by atoms with Gasteiger partial charge in [-0.15, -0.1) is 0 Å². The molecular formula is C13H9Cl2FN6O4S. The number of halogens is 3. The molecule has 3 heterocycles. The first kappa shape index (κ1) is 19.1. The van der Waals surface area contributed by atoms with Gasteiger partial charge in [-0.3, -0.25) is 9.72 Å². The quantitative estimate of drug-likeness (QED) is 0.601. The highest BCUT2D eigenvalue weighted by atomic mass is 35.5. The summed E-state index contributed by atoms with van der Waals surface area (Å²) >= 11 is 11.5. The Bertz CT molecular complexity index is 1150. The van der Waals surface area contributed by atoms with E-state index in [9.17, 15) is 17.6 Å². The lowest BCUT2D eigenvalue weighted by atomic mass is 10.5. The Hall–Kier alpha value is -2.70. The van der Waals surface area contributed by atoms with Crippen LogP contribution in [0.2, 0.25) is 10.2 Å². The van der Waals surface area contributed by atoms with E-state index in [-0.39, 0.29) is 27.7 Å². The molecule has 0 saturated heterocycles. The first-order chi connectivity index (χ1) is 12.7. The Morgan fingerprint density at radius 1 is 1.26 bits per heavy atom. The number of hydrogen-bond acceptors (Lipinski definition) is 7. The number of ether oxygens (including phenoxy) is 1. The molecule has 0 spiro atoms. The lowest BCUT2D eigenvalue weighted by molar-refractivity contribution is 0.256. The number of carbonyl (C=O) groups is 1. The van der Waals surface area contributed by atoms with Crippen LogP contribution in [0, 0.1) is 5.95 Å². The van der Waals surface area contributed by atoms with Crippen molar-refractivity contribution in [1.82, 2.24) is 24.1 Å². The topological polar surface area (TPSA) is 128 Å². The highest BCUT2D eigenvalue weighted by molar-refractivity contribution is 7.90. The molecule has 0 saturated carbocycles. The maximum atomic E-state index is 14.1. The van der Waals surface area contributed by atoms with Crippen LogP contribution in [0.25, 0.3) is 5.65 Å². The Kier molecular flexibility index (Phi) is 5.04. The number of urea groups is 1. The summed E-state index contributed by atoms with van der Waals surface area (Å²) in [5.41, 5.74) is -0.0133. The molecule has 27 heavy (non-hydrogen) atoms. The van der Waals surface area contributed by atoms with E-state index in [1.807, 2.05) is 0 Å². The molecular weight excluding hydrogens is 426 g/mol. The standard InChI is InChI=1S/C13H9Cl2FN6O4S/c1-26-9-4-7(15)17-12(19-9)20-13(23)21-27(24,25)11-10(16)18-8-3-2-6(14)5-22(8)11/h2-5H,1H3,(H2,17,19,20,21,23). The number of pyridine rings is 1. The third-order valence-corrected chi connectivity index (χ3v) is 4.83. The molecule has 0 radical (unpaired) electrons. The number of hydrogen-bond donors (Lipinski definition) is 2. The number of aromatic nitrogens is 4. The molecule has 3 rings (SSSR count). The lowest BCUT2D eigenvalue weighted by Crippen LogP contribution is -2.35. The molecule has 142 valence electrons. The van der Waals surface area contributed by atoms with E-state index in [2.05, 4.69) is 20.3 Å². The Balaban J connectivity index is 1.89. The van der Waals surface area contributed by atoms with Crippen LogP contribution >= 0.6 is 23.2 Å². The minimum Gasteiger partial charge on any atom is -0.481 e. The normalized spacial score (nSPS) is 11.4. The largest absolute Gasteiger partial charge is 0.481 e. The molecule has 0 atom stereocenters. The third kappa shape index (κ3) is 4.02. The molecule has 3 aromatic heterocycles. The molecule has 0 unspecified atom stereocenters. The zero-order valence-corrected chi connectivity index (χ0v) is 15.6. The molecule has 2 N–H and O–H groups in total. The fraction of sp³-hybridized carbons (Fsp3) is 0.0769. The Labute approximate surface area is 161 Å². The van der Waals surface area contributed by atoms with Crippen LogP contribution in [0.3, 0.4) is 0 Å². The average Bonchev–Trinajstić information content (AvgIpc) is 2.89. The van der Waals surface area contributed by atoms with Gasteiger partial charge in [0.2, 0.25) is 16.9 Å². The minimum atomic E-state index is -4.65. The summed E-state index contributed by atoms with van der Waals surface area (Å²) in [6, 6.07) is 2.75. The fourth-order valence-electron chi connectivity index (χ4n) is 2.06. The van der Waals surface area contributed by atoms with E-state index in [1.54, 1.807) is 4.72 Å². The second-order valence-electron chi connectivity index (χ2n) is 4.90. The van der Waals surface area contributed by atoms with E-state index in [1.165, 1.54) is 25.3 Å². The molecule has 2 amide bonds. The number of methoxy groups -OCH3 is 1. The molecule has 14 heteroatoms. The van der Waals surface area contributed by atoms with Crippen LogP contribution < -0.4 is 14.8 Å². The van der Waals surface area contributed by atoms with Crippen molar-refractivity contribution in [3.63, 3.8) is 0 Å². The van der Waals surface area contributed by atoms with Crippen molar-refractivity contribution < 1.29 is 22.3 Å². The van der Waals surface area contributed by atoms with Gasteiger partial charge < -0.3 is 4.74 Å². The molecule has 0 bridgehead atoms. The van der Waals surface area contributed by atoms with Gasteiger partial charge in [0.05, 0.1) is 12.1 Å². The first-order valence-corrected chi connectivity index (χ1v) is 9.19. The Morgan fingerprint density at radius 3 is 2.70 bits per heavy atom. The molecule has 0 aliphatic carbocycles. The SMILES string of the molecule is COc1cc(Cl)nc(NC(=O)NS(=O)(=O)c2c(F)nc3ccc(Cl)cn23)n1. The van der Waals surface area contributed by atoms with Gasteiger partial charge in [0.15, 0.2) is 0 Å². The zero-order valence-electron chi connectivity index (χ0n) is 13.3. The zero-order chi connectivity index (χ0) is 19.8. The third-order valence-electron chi connectivity index (χ3n) is 3.09. The van der Waals surface area contributed by atoms with Gasteiger partial charge in [-0.25, -0.2) is 14.5 Å². The van der Waals surface area contributed by atoms with E-state index in [0.29, 0.717) is 0 Å².